The van der Waals surface area contributed by atoms with E-state index in [2.05, 4.69) is 18.8 Å². The summed E-state index contributed by atoms with van der Waals surface area (Å²) in [5.74, 6) is 6.51. The highest BCUT2D eigenvalue weighted by molar-refractivity contribution is 7.10. The van der Waals surface area contributed by atoms with Crippen LogP contribution in [-0.2, 0) is 11.3 Å². The van der Waals surface area contributed by atoms with Gasteiger partial charge in [-0.15, -0.1) is 11.3 Å². The van der Waals surface area contributed by atoms with Gasteiger partial charge in [-0.25, -0.2) is 0 Å². The van der Waals surface area contributed by atoms with Gasteiger partial charge in [0.1, 0.15) is 6.61 Å². The minimum Gasteiger partial charge on any atom is -0.384 e. The van der Waals surface area contributed by atoms with E-state index in [1.54, 1.807) is 11.3 Å². The molecule has 1 aliphatic rings. The maximum atomic E-state index is 12.4. The first-order valence-electron chi connectivity index (χ1n) is 7.04. The molecule has 2 unspecified atom stereocenters. The highest BCUT2D eigenvalue weighted by Crippen LogP contribution is 2.32. The van der Waals surface area contributed by atoms with Crippen LogP contribution in [0.25, 0.3) is 0 Å². The maximum absolute atomic E-state index is 12.4. The SMILES string of the molecule is CC1CCCC1C(=O)N(C)Cc1cc(C#CCO)cs1. The van der Waals surface area contributed by atoms with Crippen molar-refractivity contribution in [3.8, 4) is 11.8 Å². The van der Waals surface area contributed by atoms with Crippen molar-refractivity contribution in [2.24, 2.45) is 11.8 Å². The second-order valence-electron chi connectivity index (χ2n) is 5.47. The van der Waals surface area contributed by atoms with Crippen LogP contribution in [0.3, 0.4) is 0 Å². The molecule has 0 saturated heterocycles. The van der Waals surface area contributed by atoms with Crippen molar-refractivity contribution in [1.29, 1.82) is 0 Å². The number of hydrogen-bond acceptors (Lipinski definition) is 3. The van der Waals surface area contributed by atoms with Crippen molar-refractivity contribution in [2.75, 3.05) is 13.7 Å². The van der Waals surface area contributed by atoms with Crippen LogP contribution in [-0.4, -0.2) is 29.6 Å². The Labute approximate surface area is 124 Å². The second kappa shape index (κ2) is 6.92. The number of aliphatic hydroxyl groups is 1. The minimum absolute atomic E-state index is 0.122. The third-order valence-electron chi connectivity index (χ3n) is 3.91. The van der Waals surface area contributed by atoms with Gasteiger partial charge in [0.15, 0.2) is 0 Å². The first-order valence-corrected chi connectivity index (χ1v) is 7.92. The van der Waals surface area contributed by atoms with Crippen molar-refractivity contribution in [3.05, 3.63) is 21.9 Å². The predicted molar refractivity (Wildman–Crippen MR) is 81.3 cm³/mol. The van der Waals surface area contributed by atoms with E-state index in [0.717, 1.165) is 16.9 Å². The van der Waals surface area contributed by atoms with Gasteiger partial charge in [-0.3, -0.25) is 4.79 Å². The molecule has 0 aromatic carbocycles. The first kappa shape index (κ1) is 15.1. The summed E-state index contributed by atoms with van der Waals surface area (Å²) in [5.41, 5.74) is 0.911. The molecule has 20 heavy (non-hydrogen) atoms. The van der Waals surface area contributed by atoms with Crippen LogP contribution in [0.1, 0.15) is 36.6 Å². The normalized spacial score (nSPS) is 21.4. The van der Waals surface area contributed by atoms with Gasteiger partial charge in [-0.1, -0.05) is 25.2 Å². The Bertz CT molecular complexity index is 526. The van der Waals surface area contributed by atoms with Crippen molar-refractivity contribution in [1.82, 2.24) is 4.90 Å². The van der Waals surface area contributed by atoms with Gasteiger partial charge in [-0.2, -0.15) is 0 Å². The van der Waals surface area contributed by atoms with E-state index in [1.807, 2.05) is 23.4 Å². The average Bonchev–Trinajstić information content (AvgIpc) is 3.04. The molecule has 1 heterocycles. The number of amides is 1. The van der Waals surface area contributed by atoms with E-state index in [1.165, 1.54) is 12.8 Å². The first-order chi connectivity index (χ1) is 9.61. The molecule has 1 fully saturated rings. The molecule has 1 amide bonds. The van der Waals surface area contributed by atoms with Gasteiger partial charge in [0.2, 0.25) is 5.91 Å². The molecule has 1 N–H and O–H groups in total. The lowest BCUT2D eigenvalue weighted by Gasteiger charge is -2.22. The lowest BCUT2D eigenvalue weighted by molar-refractivity contribution is -0.135. The molecule has 4 heteroatoms. The zero-order valence-electron chi connectivity index (χ0n) is 12.1. The van der Waals surface area contributed by atoms with Gasteiger partial charge in [0, 0.05) is 28.8 Å². The van der Waals surface area contributed by atoms with Gasteiger partial charge in [-0.05, 0) is 24.8 Å². The predicted octanol–water partition coefficient (Wildman–Crippen LogP) is 2.49. The Morgan fingerprint density at radius 3 is 3.00 bits per heavy atom. The molecule has 1 aliphatic carbocycles. The average molecular weight is 291 g/mol. The van der Waals surface area contributed by atoms with Gasteiger partial charge in [0.05, 0.1) is 6.54 Å². The molecule has 1 saturated carbocycles. The molecular formula is C16H21NO2S. The second-order valence-corrected chi connectivity index (χ2v) is 6.47. The Hall–Kier alpha value is -1.31. The largest absolute Gasteiger partial charge is 0.384 e. The quantitative estimate of drug-likeness (QED) is 0.869. The summed E-state index contributed by atoms with van der Waals surface area (Å²) in [7, 11) is 1.88. The number of hydrogen-bond donors (Lipinski definition) is 1. The lowest BCUT2D eigenvalue weighted by Crippen LogP contribution is -2.33. The molecule has 0 aliphatic heterocycles. The van der Waals surface area contributed by atoms with Crippen LogP contribution < -0.4 is 0 Å². The fourth-order valence-electron chi connectivity index (χ4n) is 2.78. The van der Waals surface area contributed by atoms with Crippen molar-refractivity contribution < 1.29 is 9.90 Å². The van der Waals surface area contributed by atoms with Crippen LogP contribution in [0.5, 0.6) is 0 Å². The number of carbonyl (C=O) groups excluding carboxylic acids is 1. The van der Waals surface area contributed by atoms with Crippen LogP contribution in [0, 0.1) is 23.7 Å². The van der Waals surface area contributed by atoms with Gasteiger partial charge >= 0.3 is 0 Å². The Kier molecular flexibility index (Phi) is 5.22. The Morgan fingerprint density at radius 1 is 1.55 bits per heavy atom. The lowest BCUT2D eigenvalue weighted by atomic mass is 9.97. The van der Waals surface area contributed by atoms with Crippen LogP contribution in [0.2, 0.25) is 0 Å². The summed E-state index contributed by atoms with van der Waals surface area (Å²) < 4.78 is 0. The van der Waals surface area contributed by atoms with E-state index in [-0.39, 0.29) is 18.4 Å². The number of carbonyl (C=O) groups is 1. The third kappa shape index (κ3) is 3.62. The fourth-order valence-corrected chi connectivity index (χ4v) is 3.65. The van der Waals surface area contributed by atoms with Crippen LogP contribution in [0.15, 0.2) is 11.4 Å². The molecular weight excluding hydrogens is 270 g/mol. The van der Waals surface area contributed by atoms with E-state index in [4.69, 9.17) is 5.11 Å². The number of thiophene rings is 1. The zero-order chi connectivity index (χ0) is 14.5. The summed E-state index contributed by atoms with van der Waals surface area (Å²) in [6.07, 6.45) is 3.37. The molecule has 0 bridgehead atoms. The summed E-state index contributed by atoms with van der Waals surface area (Å²) in [4.78, 5) is 15.4. The van der Waals surface area contributed by atoms with E-state index < -0.39 is 0 Å². The van der Waals surface area contributed by atoms with Crippen molar-refractivity contribution in [2.45, 2.75) is 32.7 Å². The Balaban J connectivity index is 1.95. The van der Waals surface area contributed by atoms with E-state index in [0.29, 0.717) is 12.5 Å². The monoisotopic (exact) mass is 291 g/mol. The molecule has 0 radical (unpaired) electrons. The molecule has 3 nitrogen and oxygen atoms in total. The summed E-state index contributed by atoms with van der Waals surface area (Å²) in [6, 6.07) is 2.00. The standard InChI is InChI=1S/C16H21NO2S/c1-12-5-3-7-15(12)16(19)17(2)10-14-9-13(11-20-14)6-4-8-18/h9,11-12,15,18H,3,5,7-8,10H2,1-2H3. The highest BCUT2D eigenvalue weighted by Gasteiger charge is 2.31. The molecule has 1 aromatic rings. The Morgan fingerprint density at radius 2 is 2.35 bits per heavy atom. The highest BCUT2D eigenvalue weighted by atomic mass is 32.1. The van der Waals surface area contributed by atoms with Crippen LogP contribution in [0.4, 0.5) is 0 Å². The molecule has 2 rings (SSSR count). The van der Waals surface area contributed by atoms with Crippen LogP contribution >= 0.6 is 11.3 Å². The van der Waals surface area contributed by atoms with Gasteiger partial charge in [0.25, 0.3) is 0 Å². The summed E-state index contributed by atoms with van der Waals surface area (Å²) in [5, 5.41) is 10.6. The van der Waals surface area contributed by atoms with Crippen molar-refractivity contribution in [3.63, 3.8) is 0 Å². The van der Waals surface area contributed by atoms with Crippen molar-refractivity contribution >= 4 is 17.2 Å². The molecule has 2 atom stereocenters. The number of aliphatic hydroxyl groups excluding tert-OH is 1. The number of nitrogens with zero attached hydrogens (tertiary/aromatic N) is 1. The fraction of sp³-hybridized carbons (Fsp3) is 0.562. The van der Waals surface area contributed by atoms with E-state index in [9.17, 15) is 4.79 Å². The maximum Gasteiger partial charge on any atom is 0.226 e. The molecule has 1 aromatic heterocycles. The third-order valence-corrected chi connectivity index (χ3v) is 4.83. The minimum atomic E-state index is -0.122. The van der Waals surface area contributed by atoms with E-state index >= 15 is 0 Å². The number of rotatable bonds is 3. The summed E-state index contributed by atoms with van der Waals surface area (Å²) in [6.45, 7) is 2.70. The molecule has 0 spiro atoms. The molecule has 108 valence electrons. The topological polar surface area (TPSA) is 40.5 Å². The van der Waals surface area contributed by atoms with Gasteiger partial charge < -0.3 is 10.0 Å². The zero-order valence-corrected chi connectivity index (χ0v) is 12.9. The summed E-state index contributed by atoms with van der Waals surface area (Å²) >= 11 is 1.61. The smallest absolute Gasteiger partial charge is 0.226 e.